The number of likely N-dealkylation sites (tertiary alicyclic amines) is 2. The Balaban J connectivity index is 1.18. The number of hydrogen-bond donors (Lipinski definition) is 0. The Hall–Kier alpha value is -3.21. The number of pyridine rings is 1. The minimum Gasteiger partial charge on any atom is -0.342 e. The zero-order valence-corrected chi connectivity index (χ0v) is 20.7. The van der Waals surface area contributed by atoms with Crippen LogP contribution in [0, 0.1) is 11.3 Å². The highest BCUT2D eigenvalue weighted by Crippen LogP contribution is 2.35. The Morgan fingerprint density at radius 1 is 0.886 bits per heavy atom. The molecule has 0 saturated carbocycles. The van der Waals surface area contributed by atoms with E-state index in [1.807, 2.05) is 47.6 Å². The summed E-state index contributed by atoms with van der Waals surface area (Å²) in [5.41, 5.74) is 1.66. The van der Waals surface area contributed by atoms with Gasteiger partial charge in [-0.25, -0.2) is 0 Å². The third-order valence-electron chi connectivity index (χ3n) is 8.09. The number of aromatic nitrogens is 1. The SMILES string of the molecule is CC1(C(=O)N2CCC[C@H](Cc3cncc4ccccc34)CC2)CCN(C(=O)c2ccccc2)CC1. The molecule has 2 amide bonds. The van der Waals surface area contributed by atoms with Gasteiger partial charge in [0.2, 0.25) is 5.91 Å². The molecule has 3 aromatic rings. The fourth-order valence-corrected chi connectivity index (χ4v) is 5.79. The standard InChI is InChI=1S/C30H35N3O2/c1-30(14-18-32(19-15-30)28(34)24-9-3-2-4-10-24)29(35)33-16-7-8-23(13-17-33)20-26-22-31-21-25-11-5-6-12-27(25)26/h2-6,9-12,21-23H,7-8,13-20H2,1H3/t23-/m0/s1. The van der Waals surface area contributed by atoms with E-state index in [9.17, 15) is 9.59 Å². The van der Waals surface area contributed by atoms with Crippen molar-refractivity contribution in [3.8, 4) is 0 Å². The Kier molecular flexibility index (Phi) is 6.85. The van der Waals surface area contributed by atoms with Crippen LogP contribution in [0.1, 0.15) is 54.9 Å². The van der Waals surface area contributed by atoms with E-state index in [4.69, 9.17) is 0 Å². The van der Waals surface area contributed by atoms with E-state index >= 15 is 0 Å². The lowest BCUT2D eigenvalue weighted by molar-refractivity contribution is -0.143. The molecule has 5 nitrogen and oxygen atoms in total. The molecule has 0 spiro atoms. The average molecular weight is 470 g/mol. The van der Waals surface area contributed by atoms with Gasteiger partial charge in [-0.1, -0.05) is 49.4 Å². The smallest absolute Gasteiger partial charge is 0.253 e. The molecule has 2 saturated heterocycles. The van der Waals surface area contributed by atoms with E-state index in [1.165, 1.54) is 16.3 Å². The van der Waals surface area contributed by atoms with Crippen LogP contribution in [-0.2, 0) is 11.2 Å². The van der Waals surface area contributed by atoms with Gasteiger partial charge in [0, 0.05) is 54.9 Å². The summed E-state index contributed by atoms with van der Waals surface area (Å²) in [5, 5.41) is 2.49. The third-order valence-corrected chi connectivity index (χ3v) is 8.09. The first-order valence-corrected chi connectivity index (χ1v) is 13.0. The van der Waals surface area contributed by atoms with Gasteiger partial charge in [-0.2, -0.15) is 0 Å². The minimum absolute atomic E-state index is 0.0700. The highest BCUT2D eigenvalue weighted by atomic mass is 16.2. The number of benzene rings is 2. The van der Waals surface area contributed by atoms with Crippen LogP contribution in [0.15, 0.2) is 67.0 Å². The van der Waals surface area contributed by atoms with E-state index in [-0.39, 0.29) is 17.2 Å². The van der Waals surface area contributed by atoms with Crippen LogP contribution in [-0.4, -0.2) is 52.8 Å². The van der Waals surface area contributed by atoms with Crippen molar-refractivity contribution in [1.29, 1.82) is 0 Å². The molecule has 5 rings (SSSR count). The molecule has 5 heteroatoms. The monoisotopic (exact) mass is 469 g/mol. The van der Waals surface area contributed by atoms with Crippen LogP contribution in [0.4, 0.5) is 0 Å². The molecule has 2 aromatic carbocycles. The first-order valence-electron chi connectivity index (χ1n) is 13.0. The number of amides is 2. The summed E-state index contributed by atoms with van der Waals surface area (Å²) in [5.74, 6) is 0.913. The van der Waals surface area contributed by atoms with Crippen molar-refractivity contribution in [3.05, 3.63) is 78.1 Å². The van der Waals surface area contributed by atoms with Crippen molar-refractivity contribution in [3.63, 3.8) is 0 Å². The third kappa shape index (κ3) is 5.09. The molecular formula is C30H35N3O2. The van der Waals surface area contributed by atoms with Crippen molar-refractivity contribution < 1.29 is 9.59 Å². The lowest BCUT2D eigenvalue weighted by Gasteiger charge is -2.41. The normalized spacial score (nSPS) is 20.4. The molecule has 182 valence electrons. The lowest BCUT2D eigenvalue weighted by atomic mass is 9.78. The van der Waals surface area contributed by atoms with Gasteiger partial charge in [-0.3, -0.25) is 14.6 Å². The van der Waals surface area contributed by atoms with E-state index < -0.39 is 0 Å². The first-order chi connectivity index (χ1) is 17.0. The second-order valence-electron chi connectivity index (χ2n) is 10.5. The van der Waals surface area contributed by atoms with Crippen molar-refractivity contribution in [2.45, 2.75) is 45.4 Å². The molecule has 0 bridgehead atoms. The number of hydrogen-bond acceptors (Lipinski definition) is 3. The summed E-state index contributed by atoms with van der Waals surface area (Å²) in [6.45, 7) is 5.04. The lowest BCUT2D eigenvalue weighted by Crippen LogP contribution is -2.50. The molecule has 1 atom stereocenters. The summed E-state index contributed by atoms with van der Waals surface area (Å²) in [7, 11) is 0. The number of rotatable bonds is 4. The number of piperidine rings is 1. The second-order valence-corrected chi connectivity index (χ2v) is 10.5. The van der Waals surface area contributed by atoms with Crippen LogP contribution in [0.2, 0.25) is 0 Å². The van der Waals surface area contributed by atoms with Crippen LogP contribution in [0.25, 0.3) is 10.8 Å². The summed E-state index contributed by atoms with van der Waals surface area (Å²) in [6.07, 6.45) is 9.64. The summed E-state index contributed by atoms with van der Waals surface area (Å²) < 4.78 is 0. The number of carbonyl (C=O) groups excluding carboxylic acids is 2. The van der Waals surface area contributed by atoms with Crippen molar-refractivity contribution in [1.82, 2.24) is 14.8 Å². The summed E-state index contributed by atoms with van der Waals surface area (Å²) in [6, 6.07) is 17.9. The highest BCUT2D eigenvalue weighted by molar-refractivity contribution is 5.94. The van der Waals surface area contributed by atoms with E-state index in [0.717, 1.165) is 57.2 Å². The van der Waals surface area contributed by atoms with Crippen molar-refractivity contribution >= 4 is 22.6 Å². The molecule has 2 fully saturated rings. The zero-order chi connectivity index (χ0) is 24.3. The van der Waals surface area contributed by atoms with Crippen LogP contribution < -0.4 is 0 Å². The molecule has 0 unspecified atom stereocenters. The van der Waals surface area contributed by atoms with E-state index in [0.29, 0.717) is 19.0 Å². The molecule has 3 heterocycles. The minimum atomic E-state index is -0.382. The zero-order valence-electron chi connectivity index (χ0n) is 20.7. The Morgan fingerprint density at radius 3 is 2.43 bits per heavy atom. The summed E-state index contributed by atoms with van der Waals surface area (Å²) in [4.78, 5) is 34.9. The second kappa shape index (κ2) is 10.2. The van der Waals surface area contributed by atoms with Gasteiger partial charge >= 0.3 is 0 Å². The van der Waals surface area contributed by atoms with Gasteiger partial charge in [0.15, 0.2) is 0 Å². The molecule has 0 radical (unpaired) electrons. The Bertz CT molecular complexity index is 1180. The number of nitrogens with zero attached hydrogens (tertiary/aromatic N) is 3. The van der Waals surface area contributed by atoms with Crippen molar-refractivity contribution in [2.75, 3.05) is 26.2 Å². The predicted molar refractivity (Wildman–Crippen MR) is 139 cm³/mol. The molecule has 2 aliphatic rings. The van der Waals surface area contributed by atoms with Gasteiger partial charge < -0.3 is 9.80 Å². The molecule has 1 aromatic heterocycles. The Morgan fingerprint density at radius 2 is 1.63 bits per heavy atom. The van der Waals surface area contributed by atoms with Gasteiger partial charge in [0.1, 0.15) is 0 Å². The quantitative estimate of drug-likeness (QED) is 0.518. The van der Waals surface area contributed by atoms with E-state index in [2.05, 4.69) is 41.1 Å². The van der Waals surface area contributed by atoms with Gasteiger partial charge in [0.25, 0.3) is 5.91 Å². The van der Waals surface area contributed by atoms with Crippen molar-refractivity contribution in [2.24, 2.45) is 11.3 Å². The summed E-state index contributed by atoms with van der Waals surface area (Å²) >= 11 is 0. The Labute approximate surface area is 208 Å². The predicted octanol–water partition coefficient (Wildman–Crippen LogP) is 5.35. The molecule has 35 heavy (non-hydrogen) atoms. The van der Waals surface area contributed by atoms with Crippen LogP contribution in [0.5, 0.6) is 0 Å². The maximum atomic E-state index is 13.6. The molecule has 0 aliphatic carbocycles. The molecule has 0 N–H and O–H groups in total. The van der Waals surface area contributed by atoms with E-state index in [1.54, 1.807) is 0 Å². The van der Waals surface area contributed by atoms with Crippen LogP contribution >= 0.6 is 0 Å². The maximum Gasteiger partial charge on any atom is 0.253 e. The van der Waals surface area contributed by atoms with Gasteiger partial charge in [0.05, 0.1) is 0 Å². The number of fused-ring (bicyclic) bond motifs is 1. The van der Waals surface area contributed by atoms with Gasteiger partial charge in [-0.15, -0.1) is 0 Å². The average Bonchev–Trinajstić information content (AvgIpc) is 3.14. The fraction of sp³-hybridized carbons (Fsp3) is 0.433. The van der Waals surface area contributed by atoms with Gasteiger partial charge in [-0.05, 0) is 67.5 Å². The molecular weight excluding hydrogens is 434 g/mol. The largest absolute Gasteiger partial charge is 0.342 e. The fourth-order valence-electron chi connectivity index (χ4n) is 5.79. The number of carbonyl (C=O) groups is 2. The first kappa shape index (κ1) is 23.5. The highest BCUT2D eigenvalue weighted by Gasteiger charge is 2.41. The van der Waals surface area contributed by atoms with Crippen LogP contribution in [0.3, 0.4) is 0 Å². The maximum absolute atomic E-state index is 13.6. The molecule has 2 aliphatic heterocycles. The topological polar surface area (TPSA) is 53.5 Å².